The highest BCUT2D eigenvalue weighted by Gasteiger charge is 2.39. The molecule has 4 rings (SSSR count). The summed E-state index contributed by atoms with van der Waals surface area (Å²) in [4.78, 5) is 14.5. The molecule has 2 atom stereocenters. The zero-order valence-electron chi connectivity index (χ0n) is 17.6. The number of hydrogen-bond donors (Lipinski definition) is 0. The Kier molecular flexibility index (Phi) is 6.47. The quantitative estimate of drug-likeness (QED) is 0.550. The van der Waals surface area contributed by atoms with E-state index in [0.29, 0.717) is 37.2 Å². The van der Waals surface area contributed by atoms with Crippen LogP contribution in [-0.2, 0) is 9.53 Å². The molecule has 1 saturated heterocycles. The number of aromatic nitrogens is 2. The van der Waals surface area contributed by atoms with Crippen molar-refractivity contribution in [1.82, 2.24) is 15.1 Å². The Morgan fingerprint density at radius 1 is 1.03 bits per heavy atom. The monoisotopic (exact) mass is 423 g/mol. The van der Waals surface area contributed by atoms with Crippen molar-refractivity contribution in [1.29, 1.82) is 0 Å². The summed E-state index contributed by atoms with van der Waals surface area (Å²) in [5.41, 5.74) is 0.864. The van der Waals surface area contributed by atoms with Gasteiger partial charge in [0.2, 0.25) is 11.8 Å². The van der Waals surface area contributed by atoms with E-state index in [4.69, 9.17) is 18.6 Å². The molecule has 0 radical (unpaired) electrons. The highest BCUT2D eigenvalue weighted by atomic mass is 16.5. The molecule has 2 heterocycles. The van der Waals surface area contributed by atoms with Crippen molar-refractivity contribution in [3.8, 4) is 23.0 Å². The van der Waals surface area contributed by atoms with Gasteiger partial charge in [0.15, 0.2) is 6.61 Å². The van der Waals surface area contributed by atoms with Gasteiger partial charge in [-0.15, -0.1) is 10.2 Å². The number of carbonyl (C=O) groups is 1. The second-order valence-corrected chi connectivity index (χ2v) is 7.40. The SMILES string of the molecule is COCC1CN(C(=O)COc2ccc(OC)cc2)CC1c1nnc(-c2ccccc2)o1. The summed E-state index contributed by atoms with van der Waals surface area (Å²) < 4.78 is 22.1. The number of hydrogen-bond acceptors (Lipinski definition) is 7. The molecule has 162 valence electrons. The predicted octanol–water partition coefficient (Wildman–Crippen LogP) is 3.01. The lowest BCUT2D eigenvalue weighted by atomic mass is 9.97. The van der Waals surface area contributed by atoms with E-state index < -0.39 is 0 Å². The standard InChI is InChI=1S/C23H25N3O5/c1-28-14-17-12-26(21(27)15-30-19-10-8-18(29-2)9-11-19)13-20(17)23-25-24-22(31-23)16-6-4-3-5-7-16/h3-11,17,20H,12-15H2,1-2H3. The van der Waals surface area contributed by atoms with Crippen LogP contribution in [0.25, 0.3) is 11.5 Å². The van der Waals surface area contributed by atoms with E-state index in [9.17, 15) is 4.79 Å². The van der Waals surface area contributed by atoms with Gasteiger partial charge in [-0.05, 0) is 36.4 Å². The lowest BCUT2D eigenvalue weighted by Crippen LogP contribution is -2.33. The van der Waals surface area contributed by atoms with E-state index >= 15 is 0 Å². The van der Waals surface area contributed by atoms with Crippen molar-refractivity contribution in [2.24, 2.45) is 5.92 Å². The minimum Gasteiger partial charge on any atom is -0.497 e. The molecule has 1 fully saturated rings. The number of rotatable bonds is 8. The van der Waals surface area contributed by atoms with E-state index in [-0.39, 0.29) is 24.3 Å². The van der Waals surface area contributed by atoms with Crippen LogP contribution < -0.4 is 9.47 Å². The lowest BCUT2D eigenvalue weighted by Gasteiger charge is -2.16. The van der Waals surface area contributed by atoms with Gasteiger partial charge in [0.1, 0.15) is 11.5 Å². The molecule has 8 heteroatoms. The van der Waals surface area contributed by atoms with Crippen molar-refractivity contribution >= 4 is 5.91 Å². The maximum absolute atomic E-state index is 12.8. The summed E-state index contributed by atoms with van der Waals surface area (Å²) in [7, 11) is 3.25. The highest BCUT2D eigenvalue weighted by Crippen LogP contribution is 2.33. The van der Waals surface area contributed by atoms with Gasteiger partial charge in [0.05, 0.1) is 19.6 Å². The van der Waals surface area contributed by atoms with Crippen LogP contribution in [0.2, 0.25) is 0 Å². The molecule has 8 nitrogen and oxygen atoms in total. The summed E-state index contributed by atoms with van der Waals surface area (Å²) in [6.07, 6.45) is 0. The van der Waals surface area contributed by atoms with Crippen LogP contribution >= 0.6 is 0 Å². The van der Waals surface area contributed by atoms with Crippen molar-refractivity contribution in [2.75, 3.05) is 40.5 Å². The van der Waals surface area contributed by atoms with Gasteiger partial charge < -0.3 is 23.5 Å². The summed E-state index contributed by atoms with van der Waals surface area (Å²) in [5.74, 6) is 2.23. The number of amides is 1. The molecule has 0 N–H and O–H groups in total. The highest BCUT2D eigenvalue weighted by molar-refractivity contribution is 5.78. The third kappa shape index (κ3) is 4.86. The molecular weight excluding hydrogens is 398 g/mol. The molecule has 31 heavy (non-hydrogen) atoms. The van der Waals surface area contributed by atoms with Crippen molar-refractivity contribution in [3.05, 3.63) is 60.5 Å². The van der Waals surface area contributed by atoms with Crippen LogP contribution in [0.1, 0.15) is 11.8 Å². The van der Waals surface area contributed by atoms with Crippen LogP contribution in [0.3, 0.4) is 0 Å². The molecule has 1 aromatic heterocycles. The fourth-order valence-electron chi connectivity index (χ4n) is 3.73. The minimum atomic E-state index is -0.0952. The normalized spacial score (nSPS) is 18.2. The average Bonchev–Trinajstić information content (AvgIpc) is 3.46. The first kappa shape index (κ1) is 20.9. The fourth-order valence-corrected chi connectivity index (χ4v) is 3.73. The zero-order chi connectivity index (χ0) is 21.6. The Morgan fingerprint density at radius 3 is 2.48 bits per heavy atom. The van der Waals surface area contributed by atoms with Crippen LogP contribution in [-0.4, -0.2) is 61.5 Å². The number of ether oxygens (including phenoxy) is 3. The molecule has 1 aliphatic rings. The third-order valence-electron chi connectivity index (χ3n) is 5.37. The first-order valence-corrected chi connectivity index (χ1v) is 10.1. The molecule has 1 aliphatic heterocycles. The molecule has 0 saturated carbocycles. The van der Waals surface area contributed by atoms with Gasteiger partial charge in [-0.2, -0.15) is 0 Å². The van der Waals surface area contributed by atoms with E-state index in [1.807, 2.05) is 30.3 Å². The molecule has 0 bridgehead atoms. The van der Waals surface area contributed by atoms with Gasteiger partial charge in [0.25, 0.3) is 5.91 Å². The summed E-state index contributed by atoms with van der Waals surface area (Å²) in [6, 6.07) is 16.8. The molecule has 0 aliphatic carbocycles. The van der Waals surface area contributed by atoms with Gasteiger partial charge in [0, 0.05) is 31.7 Å². The van der Waals surface area contributed by atoms with Crippen LogP contribution in [0, 0.1) is 5.92 Å². The lowest BCUT2D eigenvalue weighted by molar-refractivity contribution is -0.132. The van der Waals surface area contributed by atoms with E-state index in [0.717, 1.165) is 11.3 Å². The molecule has 1 amide bonds. The van der Waals surface area contributed by atoms with Gasteiger partial charge in [-0.3, -0.25) is 4.79 Å². The van der Waals surface area contributed by atoms with E-state index in [1.165, 1.54) is 0 Å². The Bertz CT molecular complexity index is 990. The number of nitrogens with zero attached hydrogens (tertiary/aromatic N) is 3. The predicted molar refractivity (Wildman–Crippen MR) is 113 cm³/mol. The van der Waals surface area contributed by atoms with Crippen LogP contribution in [0.15, 0.2) is 59.0 Å². The minimum absolute atomic E-state index is 0.0438. The van der Waals surface area contributed by atoms with Crippen LogP contribution in [0.5, 0.6) is 11.5 Å². The van der Waals surface area contributed by atoms with Gasteiger partial charge in [-0.25, -0.2) is 0 Å². The summed E-state index contributed by atoms with van der Waals surface area (Å²) >= 11 is 0. The second kappa shape index (κ2) is 9.61. The Hall–Kier alpha value is -3.39. The topological polar surface area (TPSA) is 86.9 Å². The molecule has 0 spiro atoms. The van der Waals surface area contributed by atoms with E-state index in [2.05, 4.69) is 10.2 Å². The number of likely N-dealkylation sites (tertiary alicyclic amines) is 1. The van der Waals surface area contributed by atoms with Gasteiger partial charge >= 0.3 is 0 Å². The largest absolute Gasteiger partial charge is 0.497 e. The first-order valence-electron chi connectivity index (χ1n) is 10.1. The number of methoxy groups -OCH3 is 2. The van der Waals surface area contributed by atoms with Crippen molar-refractivity contribution in [2.45, 2.75) is 5.92 Å². The second-order valence-electron chi connectivity index (χ2n) is 7.40. The number of carbonyl (C=O) groups excluding carboxylic acids is 1. The van der Waals surface area contributed by atoms with Crippen LogP contribution in [0.4, 0.5) is 0 Å². The van der Waals surface area contributed by atoms with Gasteiger partial charge in [-0.1, -0.05) is 18.2 Å². The summed E-state index contributed by atoms with van der Waals surface area (Å²) in [6.45, 7) is 1.48. The fraction of sp³-hybridized carbons (Fsp3) is 0.348. The first-order chi connectivity index (χ1) is 15.2. The zero-order valence-corrected chi connectivity index (χ0v) is 17.6. The Labute approximate surface area is 180 Å². The average molecular weight is 423 g/mol. The van der Waals surface area contributed by atoms with Crippen molar-refractivity contribution in [3.63, 3.8) is 0 Å². The third-order valence-corrected chi connectivity index (χ3v) is 5.37. The molecule has 2 unspecified atom stereocenters. The maximum Gasteiger partial charge on any atom is 0.260 e. The Morgan fingerprint density at radius 2 is 1.77 bits per heavy atom. The van der Waals surface area contributed by atoms with Crippen molar-refractivity contribution < 1.29 is 23.4 Å². The van der Waals surface area contributed by atoms with E-state index in [1.54, 1.807) is 43.4 Å². The maximum atomic E-state index is 12.8. The smallest absolute Gasteiger partial charge is 0.260 e. The molecule has 3 aromatic rings. The number of benzene rings is 2. The summed E-state index contributed by atoms with van der Waals surface area (Å²) in [5, 5.41) is 8.45. The molecule has 2 aromatic carbocycles. The molecular formula is C23H25N3O5. The Balaban J connectivity index is 1.41.